The average molecular weight is 421 g/mol. The minimum absolute atomic E-state index is 0.0243. The second kappa shape index (κ2) is 7.68. The Bertz CT molecular complexity index is 1270. The number of rotatable bonds is 4. The van der Waals surface area contributed by atoms with Crippen molar-refractivity contribution in [3.63, 3.8) is 0 Å². The number of fused-ring (bicyclic) bond motifs is 2. The van der Waals surface area contributed by atoms with Gasteiger partial charge in [-0.1, -0.05) is 0 Å². The highest BCUT2D eigenvalue weighted by Gasteiger charge is 2.29. The number of nitrogens with one attached hydrogen (secondary N) is 1. The molecule has 7 nitrogen and oxygen atoms in total. The molecule has 160 valence electrons. The Morgan fingerprint density at radius 2 is 2.06 bits per heavy atom. The highest BCUT2D eigenvalue weighted by atomic mass is 19.1. The summed E-state index contributed by atoms with van der Waals surface area (Å²) in [4.78, 5) is 27.7. The van der Waals surface area contributed by atoms with Crippen molar-refractivity contribution in [2.75, 3.05) is 19.7 Å². The van der Waals surface area contributed by atoms with E-state index in [-0.39, 0.29) is 17.6 Å². The zero-order chi connectivity index (χ0) is 21.5. The van der Waals surface area contributed by atoms with Crippen molar-refractivity contribution in [2.24, 2.45) is 0 Å². The van der Waals surface area contributed by atoms with Gasteiger partial charge in [0.15, 0.2) is 11.4 Å². The molecule has 3 aromatic heterocycles. The molecule has 4 aromatic rings. The monoisotopic (exact) mass is 421 g/mol. The number of aryl methyl sites for hydroxylation is 1. The second-order valence-electron chi connectivity index (χ2n) is 7.89. The van der Waals surface area contributed by atoms with Crippen molar-refractivity contribution in [3.05, 3.63) is 59.6 Å². The first-order chi connectivity index (χ1) is 15.0. The van der Waals surface area contributed by atoms with Gasteiger partial charge in [-0.05, 0) is 57.0 Å². The summed E-state index contributed by atoms with van der Waals surface area (Å²) in [7, 11) is 0. The van der Waals surface area contributed by atoms with Gasteiger partial charge in [-0.3, -0.25) is 9.20 Å². The van der Waals surface area contributed by atoms with Crippen LogP contribution in [0.15, 0.2) is 36.5 Å². The number of carbonyl (C=O) groups is 1. The lowest BCUT2D eigenvalue weighted by Crippen LogP contribution is -2.39. The number of pyridine rings is 1. The summed E-state index contributed by atoms with van der Waals surface area (Å²) in [5.41, 5.74) is 3.41. The molecule has 1 amide bonds. The molecule has 0 saturated carbocycles. The Labute approximate surface area is 178 Å². The van der Waals surface area contributed by atoms with Crippen molar-refractivity contribution >= 4 is 22.6 Å². The molecule has 0 unspecified atom stereocenters. The van der Waals surface area contributed by atoms with Crippen molar-refractivity contribution in [1.29, 1.82) is 0 Å². The van der Waals surface area contributed by atoms with Crippen molar-refractivity contribution in [3.8, 4) is 5.75 Å². The van der Waals surface area contributed by atoms with Crippen LogP contribution in [0.2, 0.25) is 0 Å². The lowest BCUT2D eigenvalue weighted by atomic mass is 9.96. The Morgan fingerprint density at radius 1 is 1.26 bits per heavy atom. The largest absolute Gasteiger partial charge is 0.490 e. The molecular formula is C23H24FN5O2. The minimum atomic E-state index is -0.279. The standard InChI is InChI=1S/C23H24FN5O2/c1-3-31-19-5-4-10-29-20(14(2)25-22(19)29)23(30)28-11-8-15(9-12-28)21-26-17-7-6-16(24)13-18(17)27-21/h4-7,10,13,15H,3,8-9,11-12H2,1-2H3,(H,26,27). The lowest BCUT2D eigenvalue weighted by Gasteiger charge is -2.31. The van der Waals surface area contributed by atoms with Gasteiger partial charge in [0, 0.05) is 25.2 Å². The summed E-state index contributed by atoms with van der Waals surface area (Å²) in [5.74, 6) is 1.45. The van der Waals surface area contributed by atoms with E-state index in [4.69, 9.17) is 4.74 Å². The number of carbonyl (C=O) groups excluding carboxylic acids is 1. The van der Waals surface area contributed by atoms with Crippen LogP contribution >= 0.6 is 0 Å². The van der Waals surface area contributed by atoms with Gasteiger partial charge in [0.25, 0.3) is 5.91 Å². The normalized spacial score (nSPS) is 15.1. The fourth-order valence-electron chi connectivity index (χ4n) is 4.38. The van der Waals surface area contributed by atoms with Gasteiger partial charge in [-0.2, -0.15) is 0 Å². The second-order valence-corrected chi connectivity index (χ2v) is 7.89. The predicted octanol–water partition coefficient (Wildman–Crippen LogP) is 4.08. The van der Waals surface area contributed by atoms with Gasteiger partial charge in [0.05, 0.1) is 23.3 Å². The van der Waals surface area contributed by atoms with Crippen LogP contribution in [0.4, 0.5) is 4.39 Å². The first kappa shape index (κ1) is 19.5. The maximum Gasteiger partial charge on any atom is 0.272 e. The lowest BCUT2D eigenvalue weighted by molar-refractivity contribution is 0.0703. The van der Waals surface area contributed by atoms with E-state index in [9.17, 15) is 9.18 Å². The van der Waals surface area contributed by atoms with Gasteiger partial charge in [0.2, 0.25) is 0 Å². The molecule has 0 spiro atoms. The average Bonchev–Trinajstić information content (AvgIpc) is 3.34. The third kappa shape index (κ3) is 3.41. The molecule has 0 radical (unpaired) electrons. The number of aromatic nitrogens is 4. The van der Waals surface area contributed by atoms with Gasteiger partial charge in [0.1, 0.15) is 17.3 Å². The SMILES string of the molecule is CCOc1cccn2c(C(=O)N3CCC(c4nc5ccc(F)cc5[nH]4)CC3)c(C)nc12. The van der Waals surface area contributed by atoms with Crippen LogP contribution in [0.5, 0.6) is 5.75 Å². The van der Waals surface area contributed by atoms with E-state index in [1.807, 2.05) is 41.5 Å². The molecule has 0 bridgehead atoms. The van der Waals surface area contributed by atoms with Crippen molar-refractivity contribution in [2.45, 2.75) is 32.6 Å². The van der Waals surface area contributed by atoms with E-state index in [1.54, 1.807) is 6.07 Å². The van der Waals surface area contributed by atoms with Crippen LogP contribution in [-0.2, 0) is 0 Å². The maximum absolute atomic E-state index is 13.5. The Morgan fingerprint density at radius 3 is 2.84 bits per heavy atom. The van der Waals surface area contributed by atoms with Gasteiger partial charge >= 0.3 is 0 Å². The zero-order valence-electron chi connectivity index (χ0n) is 17.6. The summed E-state index contributed by atoms with van der Waals surface area (Å²) in [6.45, 7) is 5.58. The van der Waals surface area contributed by atoms with E-state index < -0.39 is 0 Å². The molecule has 1 aliphatic heterocycles. The molecule has 1 fully saturated rings. The molecule has 4 heterocycles. The Kier molecular flexibility index (Phi) is 4.84. The highest BCUT2D eigenvalue weighted by molar-refractivity contribution is 5.95. The summed E-state index contributed by atoms with van der Waals surface area (Å²) < 4.78 is 21.0. The molecule has 5 rings (SSSR count). The molecule has 0 atom stereocenters. The number of H-pyrrole nitrogens is 1. The molecular weight excluding hydrogens is 397 g/mol. The summed E-state index contributed by atoms with van der Waals surface area (Å²) in [5, 5.41) is 0. The highest BCUT2D eigenvalue weighted by Crippen LogP contribution is 2.30. The summed E-state index contributed by atoms with van der Waals surface area (Å²) in [6, 6.07) is 8.31. The zero-order valence-corrected chi connectivity index (χ0v) is 17.6. The number of aromatic amines is 1. The number of halogens is 1. The molecule has 0 aliphatic carbocycles. The maximum atomic E-state index is 13.5. The Balaban J connectivity index is 1.35. The molecule has 1 aliphatic rings. The van der Waals surface area contributed by atoms with E-state index in [2.05, 4.69) is 15.0 Å². The third-order valence-electron chi connectivity index (χ3n) is 5.92. The van der Waals surface area contributed by atoms with E-state index >= 15 is 0 Å². The number of imidazole rings is 2. The van der Waals surface area contributed by atoms with E-state index in [0.717, 1.165) is 24.2 Å². The topological polar surface area (TPSA) is 75.5 Å². The molecule has 8 heteroatoms. The summed E-state index contributed by atoms with van der Waals surface area (Å²) in [6.07, 6.45) is 3.45. The van der Waals surface area contributed by atoms with Gasteiger partial charge in [-0.15, -0.1) is 0 Å². The fraction of sp³-hybridized carbons (Fsp3) is 0.348. The van der Waals surface area contributed by atoms with Crippen LogP contribution < -0.4 is 4.74 Å². The van der Waals surface area contributed by atoms with Crippen LogP contribution in [0.25, 0.3) is 16.7 Å². The van der Waals surface area contributed by atoms with Crippen LogP contribution in [0.1, 0.15) is 47.7 Å². The fourth-order valence-corrected chi connectivity index (χ4v) is 4.38. The number of hydrogen-bond acceptors (Lipinski definition) is 4. The summed E-state index contributed by atoms with van der Waals surface area (Å²) >= 11 is 0. The van der Waals surface area contributed by atoms with Gasteiger partial charge < -0.3 is 14.6 Å². The molecule has 1 aromatic carbocycles. The number of nitrogens with zero attached hydrogens (tertiary/aromatic N) is 4. The molecule has 31 heavy (non-hydrogen) atoms. The number of benzene rings is 1. The van der Waals surface area contributed by atoms with Gasteiger partial charge in [-0.25, -0.2) is 14.4 Å². The predicted molar refractivity (Wildman–Crippen MR) is 115 cm³/mol. The molecule has 1 saturated heterocycles. The number of piperidine rings is 1. The van der Waals surface area contributed by atoms with Crippen molar-refractivity contribution in [1.82, 2.24) is 24.3 Å². The van der Waals surface area contributed by atoms with Crippen LogP contribution in [0, 0.1) is 12.7 Å². The van der Waals surface area contributed by atoms with Crippen LogP contribution in [0.3, 0.4) is 0 Å². The quantitative estimate of drug-likeness (QED) is 0.539. The minimum Gasteiger partial charge on any atom is -0.490 e. The number of hydrogen-bond donors (Lipinski definition) is 1. The number of likely N-dealkylation sites (tertiary alicyclic amines) is 1. The smallest absolute Gasteiger partial charge is 0.272 e. The Hall–Kier alpha value is -3.42. The first-order valence-electron chi connectivity index (χ1n) is 10.6. The number of amides is 1. The molecule has 1 N–H and O–H groups in total. The number of ether oxygens (including phenoxy) is 1. The first-order valence-corrected chi connectivity index (χ1v) is 10.6. The van der Waals surface area contributed by atoms with Crippen LogP contribution in [-0.4, -0.2) is 49.9 Å². The van der Waals surface area contributed by atoms with E-state index in [0.29, 0.717) is 48.0 Å². The van der Waals surface area contributed by atoms with Crippen molar-refractivity contribution < 1.29 is 13.9 Å². The van der Waals surface area contributed by atoms with E-state index in [1.165, 1.54) is 12.1 Å². The third-order valence-corrected chi connectivity index (χ3v) is 5.92.